The van der Waals surface area contributed by atoms with Crippen LogP contribution in [0.25, 0.3) is 0 Å². The van der Waals surface area contributed by atoms with Crippen LogP contribution in [0.5, 0.6) is 0 Å². The van der Waals surface area contributed by atoms with Crippen LogP contribution in [0.1, 0.15) is 23.3 Å². The lowest BCUT2D eigenvalue weighted by atomic mass is 10.1. The predicted octanol–water partition coefficient (Wildman–Crippen LogP) is 3.07. The third-order valence-electron chi connectivity index (χ3n) is 4.31. The molecular formula is C20H20N6O. The van der Waals surface area contributed by atoms with Crippen molar-refractivity contribution in [2.45, 2.75) is 25.3 Å². The van der Waals surface area contributed by atoms with Gasteiger partial charge in [0, 0.05) is 0 Å². The van der Waals surface area contributed by atoms with Crippen molar-refractivity contribution in [3.63, 3.8) is 0 Å². The van der Waals surface area contributed by atoms with Crippen molar-refractivity contribution < 1.29 is 4.74 Å². The van der Waals surface area contributed by atoms with Gasteiger partial charge >= 0.3 is 0 Å². The standard InChI is InChI=1S/C20H20N6O/c1-3-7-17(8-4-1)19(11-25-15-21-13-23-25)27-20(12-26-16-22-14-24-26)18-9-5-2-6-10-18/h1-10,13-16,19-20H,11-12H2. The molecule has 0 aliphatic heterocycles. The Kier molecular flexibility index (Phi) is 5.31. The van der Waals surface area contributed by atoms with Crippen LogP contribution in [0.4, 0.5) is 0 Å². The highest BCUT2D eigenvalue weighted by molar-refractivity contribution is 5.20. The molecule has 2 aromatic carbocycles. The van der Waals surface area contributed by atoms with E-state index in [2.05, 4.69) is 44.4 Å². The molecule has 0 N–H and O–H groups in total. The minimum atomic E-state index is -0.179. The van der Waals surface area contributed by atoms with E-state index in [1.807, 2.05) is 36.4 Å². The second kappa shape index (κ2) is 8.37. The number of aromatic nitrogens is 6. The normalized spacial score (nSPS) is 13.3. The van der Waals surface area contributed by atoms with Crippen molar-refractivity contribution in [3.8, 4) is 0 Å². The Balaban J connectivity index is 1.62. The molecule has 27 heavy (non-hydrogen) atoms. The fourth-order valence-corrected chi connectivity index (χ4v) is 2.98. The molecule has 7 nitrogen and oxygen atoms in total. The van der Waals surface area contributed by atoms with Crippen LogP contribution >= 0.6 is 0 Å². The number of nitrogens with zero attached hydrogens (tertiary/aromatic N) is 6. The summed E-state index contributed by atoms with van der Waals surface area (Å²) >= 11 is 0. The summed E-state index contributed by atoms with van der Waals surface area (Å²) < 4.78 is 10.2. The summed E-state index contributed by atoms with van der Waals surface area (Å²) in [6.45, 7) is 1.15. The first-order chi connectivity index (χ1) is 13.4. The van der Waals surface area contributed by atoms with Gasteiger partial charge in [-0.05, 0) is 11.1 Å². The van der Waals surface area contributed by atoms with Crippen molar-refractivity contribution in [2.24, 2.45) is 0 Å². The van der Waals surface area contributed by atoms with E-state index < -0.39 is 0 Å². The topological polar surface area (TPSA) is 70.7 Å². The van der Waals surface area contributed by atoms with E-state index in [1.165, 1.54) is 12.7 Å². The summed E-state index contributed by atoms with van der Waals surface area (Å²) in [5.41, 5.74) is 2.18. The lowest BCUT2D eigenvalue weighted by Gasteiger charge is -2.25. The first kappa shape index (κ1) is 17.1. The van der Waals surface area contributed by atoms with E-state index in [1.54, 1.807) is 22.0 Å². The SMILES string of the molecule is c1ccc(C(Cn2cncn2)OC(Cn2cncn2)c2ccccc2)cc1. The Morgan fingerprint density at radius 2 is 1.11 bits per heavy atom. The van der Waals surface area contributed by atoms with Crippen LogP contribution in [0.2, 0.25) is 0 Å². The molecule has 0 aliphatic rings. The maximum Gasteiger partial charge on any atom is 0.137 e. The molecule has 0 saturated heterocycles. The Bertz CT molecular complexity index is 832. The summed E-state index contributed by atoms with van der Waals surface area (Å²) in [5, 5.41) is 8.47. The summed E-state index contributed by atoms with van der Waals surface area (Å²) in [7, 11) is 0. The lowest BCUT2D eigenvalue weighted by Crippen LogP contribution is -2.20. The van der Waals surface area contributed by atoms with Gasteiger partial charge < -0.3 is 4.74 Å². The zero-order chi connectivity index (χ0) is 18.3. The molecule has 7 heteroatoms. The van der Waals surface area contributed by atoms with Crippen LogP contribution in [-0.2, 0) is 17.8 Å². The molecule has 2 heterocycles. The zero-order valence-electron chi connectivity index (χ0n) is 14.7. The van der Waals surface area contributed by atoms with E-state index in [0.29, 0.717) is 13.1 Å². The third kappa shape index (κ3) is 4.45. The first-order valence-electron chi connectivity index (χ1n) is 8.78. The van der Waals surface area contributed by atoms with Gasteiger partial charge in [0.05, 0.1) is 13.1 Å². The Morgan fingerprint density at radius 3 is 1.48 bits per heavy atom. The highest BCUT2D eigenvalue weighted by Gasteiger charge is 2.21. The van der Waals surface area contributed by atoms with Crippen LogP contribution in [0, 0.1) is 0 Å². The molecule has 0 radical (unpaired) electrons. The maximum atomic E-state index is 6.59. The number of hydrogen-bond acceptors (Lipinski definition) is 5. The number of hydrogen-bond donors (Lipinski definition) is 0. The lowest BCUT2D eigenvalue weighted by molar-refractivity contribution is -0.0357. The maximum absolute atomic E-state index is 6.59. The van der Waals surface area contributed by atoms with E-state index in [4.69, 9.17) is 4.74 Å². The first-order valence-corrected chi connectivity index (χ1v) is 8.78. The number of ether oxygens (including phenoxy) is 1. The largest absolute Gasteiger partial charge is 0.362 e. The number of benzene rings is 2. The molecule has 2 aromatic heterocycles. The highest BCUT2D eigenvalue weighted by atomic mass is 16.5. The van der Waals surface area contributed by atoms with Gasteiger partial charge in [0.15, 0.2) is 0 Å². The van der Waals surface area contributed by atoms with E-state index in [0.717, 1.165) is 11.1 Å². The molecule has 2 unspecified atom stereocenters. The van der Waals surface area contributed by atoms with Crippen LogP contribution in [0.3, 0.4) is 0 Å². The monoisotopic (exact) mass is 360 g/mol. The van der Waals surface area contributed by atoms with Crippen LogP contribution < -0.4 is 0 Å². The van der Waals surface area contributed by atoms with Gasteiger partial charge in [-0.2, -0.15) is 10.2 Å². The van der Waals surface area contributed by atoms with Crippen molar-refractivity contribution in [1.82, 2.24) is 29.5 Å². The molecule has 2 atom stereocenters. The molecule has 0 fully saturated rings. The van der Waals surface area contributed by atoms with Gasteiger partial charge in [-0.1, -0.05) is 60.7 Å². The van der Waals surface area contributed by atoms with Crippen molar-refractivity contribution in [3.05, 3.63) is 97.1 Å². The third-order valence-corrected chi connectivity index (χ3v) is 4.31. The summed E-state index contributed by atoms with van der Waals surface area (Å²) in [4.78, 5) is 8.08. The quantitative estimate of drug-likeness (QED) is 0.483. The molecule has 136 valence electrons. The van der Waals surface area contributed by atoms with Crippen molar-refractivity contribution >= 4 is 0 Å². The van der Waals surface area contributed by atoms with Gasteiger partial charge in [-0.3, -0.25) is 9.36 Å². The van der Waals surface area contributed by atoms with Crippen molar-refractivity contribution in [1.29, 1.82) is 0 Å². The van der Waals surface area contributed by atoms with Gasteiger partial charge in [-0.25, -0.2) is 9.97 Å². The van der Waals surface area contributed by atoms with Gasteiger partial charge in [0.2, 0.25) is 0 Å². The molecule has 0 bridgehead atoms. The fourth-order valence-electron chi connectivity index (χ4n) is 2.98. The minimum Gasteiger partial charge on any atom is -0.362 e. The zero-order valence-corrected chi connectivity index (χ0v) is 14.7. The summed E-state index contributed by atoms with van der Waals surface area (Å²) in [6, 6.07) is 20.3. The molecule has 0 aliphatic carbocycles. The van der Waals surface area contributed by atoms with Gasteiger partial charge in [-0.15, -0.1) is 0 Å². The minimum absolute atomic E-state index is 0.179. The van der Waals surface area contributed by atoms with E-state index >= 15 is 0 Å². The van der Waals surface area contributed by atoms with Gasteiger partial charge in [0.1, 0.15) is 37.5 Å². The predicted molar refractivity (Wildman–Crippen MR) is 99.5 cm³/mol. The molecule has 0 spiro atoms. The smallest absolute Gasteiger partial charge is 0.137 e. The Labute approximate surface area is 157 Å². The van der Waals surface area contributed by atoms with E-state index in [-0.39, 0.29) is 12.2 Å². The molecular weight excluding hydrogens is 340 g/mol. The van der Waals surface area contributed by atoms with E-state index in [9.17, 15) is 0 Å². The molecule has 4 rings (SSSR count). The molecule has 0 saturated carbocycles. The molecule has 0 amide bonds. The molecule has 4 aromatic rings. The Hall–Kier alpha value is -3.32. The Morgan fingerprint density at radius 1 is 0.667 bits per heavy atom. The second-order valence-corrected chi connectivity index (χ2v) is 6.17. The fraction of sp³-hybridized carbons (Fsp3) is 0.200. The van der Waals surface area contributed by atoms with Gasteiger partial charge in [0.25, 0.3) is 0 Å². The average Bonchev–Trinajstić information content (AvgIpc) is 3.42. The second-order valence-electron chi connectivity index (χ2n) is 6.17. The summed E-state index contributed by atoms with van der Waals surface area (Å²) in [6.07, 6.45) is 6.11. The average molecular weight is 360 g/mol. The van der Waals surface area contributed by atoms with Crippen LogP contribution in [-0.4, -0.2) is 29.5 Å². The highest BCUT2D eigenvalue weighted by Crippen LogP contribution is 2.29. The summed E-state index contributed by atoms with van der Waals surface area (Å²) in [5.74, 6) is 0. The number of rotatable bonds is 8. The van der Waals surface area contributed by atoms with Crippen molar-refractivity contribution in [2.75, 3.05) is 0 Å². The van der Waals surface area contributed by atoms with Crippen LogP contribution in [0.15, 0.2) is 86.0 Å².